The van der Waals surface area contributed by atoms with E-state index in [4.69, 9.17) is 0 Å². The highest BCUT2D eigenvalue weighted by Gasteiger charge is 2.16. The minimum Gasteiger partial charge on any atom is -0.326 e. The van der Waals surface area contributed by atoms with Crippen LogP contribution in [0.3, 0.4) is 0 Å². The molecule has 0 bridgehead atoms. The highest BCUT2D eigenvalue weighted by atomic mass is 32.1. The van der Waals surface area contributed by atoms with Gasteiger partial charge < -0.3 is 5.32 Å². The second-order valence-corrected chi connectivity index (χ2v) is 7.08. The lowest BCUT2D eigenvalue weighted by molar-refractivity contribution is -0.116. The molecule has 4 aromatic rings. The molecule has 1 N–H and O–H groups in total. The Morgan fingerprint density at radius 2 is 1.96 bits per heavy atom. The molecule has 0 atom stereocenters. The Morgan fingerprint density at radius 1 is 1.19 bits per heavy atom. The summed E-state index contributed by atoms with van der Waals surface area (Å²) < 4.78 is 4.00. The first-order valence-electron chi connectivity index (χ1n) is 8.21. The van der Waals surface area contributed by atoms with Crippen molar-refractivity contribution in [3.8, 4) is 0 Å². The molecule has 132 valence electrons. The molecule has 0 aliphatic carbocycles. The number of benzene rings is 1. The number of rotatable bonds is 4. The van der Waals surface area contributed by atoms with Crippen molar-refractivity contribution in [1.29, 1.82) is 0 Å². The number of carbonyl (C=O) groups excluding carboxylic acids is 1. The number of carbonyl (C=O) groups is 1. The minimum atomic E-state index is -0.0861. The number of anilines is 1. The Balaban J connectivity index is 1.59. The van der Waals surface area contributed by atoms with E-state index in [0.29, 0.717) is 22.7 Å². The molecule has 0 aliphatic heterocycles. The van der Waals surface area contributed by atoms with Crippen LogP contribution in [-0.2, 0) is 18.3 Å². The Bertz CT molecular complexity index is 1170. The number of aryl methyl sites for hydroxylation is 3. The number of nitrogens with zero attached hydrogens (tertiary/aromatic N) is 4. The van der Waals surface area contributed by atoms with Crippen LogP contribution >= 0.6 is 11.3 Å². The molecular formula is C18H17N5O2S. The van der Waals surface area contributed by atoms with Gasteiger partial charge in [-0.1, -0.05) is 17.7 Å². The van der Waals surface area contributed by atoms with Crippen molar-refractivity contribution in [3.63, 3.8) is 0 Å². The lowest BCUT2D eigenvalue weighted by atomic mass is 10.2. The van der Waals surface area contributed by atoms with Crippen LogP contribution in [0.5, 0.6) is 0 Å². The van der Waals surface area contributed by atoms with Gasteiger partial charge in [0.1, 0.15) is 10.5 Å². The molecular weight excluding hydrogens is 350 g/mol. The van der Waals surface area contributed by atoms with Crippen molar-refractivity contribution in [1.82, 2.24) is 19.2 Å². The molecule has 3 aromatic heterocycles. The number of aromatic nitrogens is 4. The Labute approximate surface area is 152 Å². The summed E-state index contributed by atoms with van der Waals surface area (Å²) in [5.41, 5.74) is 2.61. The van der Waals surface area contributed by atoms with Gasteiger partial charge in [-0.2, -0.15) is 0 Å². The summed E-state index contributed by atoms with van der Waals surface area (Å²) in [4.78, 5) is 24.6. The summed E-state index contributed by atoms with van der Waals surface area (Å²) in [6, 6.07) is 9.55. The summed E-state index contributed by atoms with van der Waals surface area (Å²) in [6.45, 7) is 2.00. The van der Waals surface area contributed by atoms with Gasteiger partial charge in [-0.15, -0.1) is 21.5 Å². The molecule has 0 aliphatic rings. The van der Waals surface area contributed by atoms with Crippen molar-refractivity contribution in [2.24, 2.45) is 7.05 Å². The molecule has 26 heavy (non-hydrogen) atoms. The normalized spacial score (nSPS) is 11.3. The van der Waals surface area contributed by atoms with Crippen molar-refractivity contribution in [2.45, 2.75) is 19.8 Å². The van der Waals surface area contributed by atoms with E-state index in [-0.39, 0.29) is 17.9 Å². The van der Waals surface area contributed by atoms with Crippen molar-refractivity contribution in [2.75, 3.05) is 5.32 Å². The zero-order valence-corrected chi connectivity index (χ0v) is 15.2. The zero-order valence-electron chi connectivity index (χ0n) is 14.4. The van der Waals surface area contributed by atoms with Crippen LogP contribution in [0.1, 0.15) is 17.8 Å². The lowest BCUT2D eigenvalue weighted by Gasteiger charge is -2.06. The largest absolute Gasteiger partial charge is 0.326 e. The van der Waals surface area contributed by atoms with Crippen molar-refractivity contribution < 1.29 is 4.79 Å². The van der Waals surface area contributed by atoms with Crippen LogP contribution in [0, 0.1) is 6.92 Å². The van der Waals surface area contributed by atoms with Gasteiger partial charge in [0.15, 0.2) is 0 Å². The number of hydrogen-bond donors (Lipinski definition) is 1. The van der Waals surface area contributed by atoms with Gasteiger partial charge in [0.2, 0.25) is 11.7 Å². The van der Waals surface area contributed by atoms with Crippen LogP contribution in [0.2, 0.25) is 0 Å². The summed E-state index contributed by atoms with van der Waals surface area (Å²) >= 11 is 1.39. The highest BCUT2D eigenvalue weighted by molar-refractivity contribution is 7.17. The van der Waals surface area contributed by atoms with E-state index < -0.39 is 0 Å². The first-order valence-corrected chi connectivity index (χ1v) is 9.09. The predicted molar refractivity (Wildman–Crippen MR) is 102 cm³/mol. The molecule has 3 heterocycles. The lowest BCUT2D eigenvalue weighted by Crippen LogP contribution is -2.19. The smallest absolute Gasteiger partial charge is 0.272 e. The maximum atomic E-state index is 12.3. The Morgan fingerprint density at radius 3 is 2.73 bits per heavy atom. The molecule has 0 radical (unpaired) electrons. The van der Waals surface area contributed by atoms with Gasteiger partial charge in [0, 0.05) is 25.6 Å². The average Bonchev–Trinajstić information content (AvgIpc) is 3.26. The summed E-state index contributed by atoms with van der Waals surface area (Å²) in [7, 11) is 1.68. The van der Waals surface area contributed by atoms with E-state index in [1.165, 1.54) is 15.9 Å². The highest BCUT2D eigenvalue weighted by Crippen LogP contribution is 2.20. The fraction of sp³-hybridized carbons (Fsp3) is 0.222. The number of nitrogens with one attached hydrogen (secondary N) is 1. The molecule has 0 unspecified atom stereocenters. The van der Waals surface area contributed by atoms with Crippen LogP contribution in [0.15, 0.2) is 40.5 Å². The monoisotopic (exact) mass is 367 g/mol. The molecule has 4 rings (SSSR count). The quantitative estimate of drug-likeness (QED) is 0.601. The van der Waals surface area contributed by atoms with Crippen molar-refractivity contribution >= 4 is 38.9 Å². The Kier molecular flexibility index (Phi) is 4.04. The fourth-order valence-corrected chi connectivity index (χ4v) is 3.75. The molecule has 0 fully saturated rings. The van der Waals surface area contributed by atoms with Gasteiger partial charge in [-0.05, 0) is 30.5 Å². The van der Waals surface area contributed by atoms with E-state index >= 15 is 0 Å². The third kappa shape index (κ3) is 2.78. The molecule has 0 saturated carbocycles. The standard InChI is InChI=1S/C18H17N5O2S/c1-11-3-5-12(6-4-11)19-15(24)8-7-14-20-21-18-22(2)17(25)16-13(23(14)18)9-10-26-16/h3-6,9-10H,7-8H2,1-2H3,(H,19,24). The van der Waals surface area contributed by atoms with Crippen LogP contribution in [-0.4, -0.2) is 25.1 Å². The SMILES string of the molecule is Cc1ccc(NC(=O)CCc2nnc3n(C)c(=O)c4sccc4n23)cc1. The summed E-state index contributed by atoms with van der Waals surface area (Å²) in [6.07, 6.45) is 0.713. The Hall–Kier alpha value is -3.00. The third-order valence-corrected chi connectivity index (χ3v) is 5.20. The van der Waals surface area contributed by atoms with E-state index in [0.717, 1.165) is 16.8 Å². The molecule has 0 saturated heterocycles. The number of amides is 1. The zero-order chi connectivity index (χ0) is 18.3. The second kappa shape index (κ2) is 6.38. The van der Waals surface area contributed by atoms with Crippen LogP contribution < -0.4 is 10.9 Å². The van der Waals surface area contributed by atoms with Gasteiger partial charge in [-0.3, -0.25) is 18.6 Å². The maximum absolute atomic E-state index is 12.3. The second-order valence-electron chi connectivity index (χ2n) is 6.16. The van der Waals surface area contributed by atoms with E-state index in [1.54, 1.807) is 7.05 Å². The predicted octanol–water partition coefficient (Wildman–Crippen LogP) is 2.52. The van der Waals surface area contributed by atoms with Gasteiger partial charge in [0.05, 0.1) is 5.52 Å². The van der Waals surface area contributed by atoms with Crippen LogP contribution in [0.25, 0.3) is 16.0 Å². The summed E-state index contributed by atoms with van der Waals surface area (Å²) in [5, 5.41) is 13.1. The van der Waals surface area contributed by atoms with E-state index in [1.807, 2.05) is 47.0 Å². The minimum absolute atomic E-state index is 0.0847. The molecule has 1 aromatic carbocycles. The number of hydrogen-bond acceptors (Lipinski definition) is 5. The van der Waals surface area contributed by atoms with Gasteiger partial charge in [0.25, 0.3) is 5.56 Å². The first-order chi connectivity index (χ1) is 12.5. The van der Waals surface area contributed by atoms with E-state index in [2.05, 4.69) is 15.5 Å². The summed E-state index contributed by atoms with van der Waals surface area (Å²) in [5.74, 6) is 1.06. The fourth-order valence-electron chi connectivity index (χ4n) is 2.90. The van der Waals surface area contributed by atoms with Crippen molar-refractivity contribution in [3.05, 3.63) is 57.5 Å². The third-order valence-electron chi connectivity index (χ3n) is 4.31. The van der Waals surface area contributed by atoms with E-state index in [9.17, 15) is 9.59 Å². The molecule has 1 amide bonds. The maximum Gasteiger partial charge on any atom is 0.272 e. The first kappa shape index (κ1) is 16.5. The number of thiophene rings is 1. The molecule has 8 heteroatoms. The number of fused-ring (bicyclic) bond motifs is 3. The van der Waals surface area contributed by atoms with Crippen LogP contribution in [0.4, 0.5) is 5.69 Å². The molecule has 7 nitrogen and oxygen atoms in total. The average molecular weight is 367 g/mol. The van der Waals surface area contributed by atoms with Gasteiger partial charge >= 0.3 is 0 Å². The van der Waals surface area contributed by atoms with Gasteiger partial charge in [-0.25, -0.2) is 0 Å². The topological polar surface area (TPSA) is 81.3 Å². The molecule has 0 spiro atoms.